The number of alkyl halides is 2. The SMILES string of the molecule is O=C(OCCOCCc1ccccc1)C(F)(F)SOO[O-]. The highest BCUT2D eigenvalue weighted by Crippen LogP contribution is 2.30. The predicted octanol–water partition coefficient (Wildman–Crippen LogP) is 1.25. The summed E-state index contributed by atoms with van der Waals surface area (Å²) in [6, 6.07) is 9.54. The van der Waals surface area contributed by atoms with E-state index in [1.807, 2.05) is 30.3 Å². The van der Waals surface area contributed by atoms with Crippen molar-refractivity contribution in [3.63, 3.8) is 0 Å². The summed E-state index contributed by atoms with van der Waals surface area (Å²) in [5.41, 5.74) is 1.08. The molecule has 9 heteroatoms. The van der Waals surface area contributed by atoms with Gasteiger partial charge in [0.2, 0.25) is 0 Å². The lowest BCUT2D eigenvalue weighted by atomic mass is 10.2. The lowest BCUT2D eigenvalue weighted by Crippen LogP contribution is -2.29. The van der Waals surface area contributed by atoms with Gasteiger partial charge in [0.1, 0.15) is 18.6 Å². The molecule has 0 saturated heterocycles. The monoisotopic (exact) mass is 323 g/mol. The third kappa shape index (κ3) is 7.34. The molecule has 1 aromatic rings. The average molecular weight is 323 g/mol. The highest BCUT2D eigenvalue weighted by atomic mass is 32.2. The molecule has 0 amide bonds. The zero-order chi connectivity index (χ0) is 15.6. The summed E-state index contributed by atoms with van der Waals surface area (Å²) in [7, 11) is 0. The standard InChI is InChI=1S/C12H14F2O6S/c13-12(14,21-20-19-16)11(15)18-9-8-17-7-6-10-4-2-1-3-5-10/h1-5,16H,6-9H2/p-1. The molecule has 0 atom stereocenters. The van der Waals surface area contributed by atoms with Crippen molar-refractivity contribution in [2.24, 2.45) is 0 Å². The first-order valence-corrected chi connectivity index (χ1v) is 6.61. The van der Waals surface area contributed by atoms with Gasteiger partial charge in [-0.1, -0.05) is 30.3 Å². The van der Waals surface area contributed by atoms with Gasteiger partial charge in [0, 0.05) is 0 Å². The van der Waals surface area contributed by atoms with Crippen LogP contribution < -0.4 is 5.26 Å². The van der Waals surface area contributed by atoms with E-state index in [2.05, 4.69) is 14.1 Å². The Morgan fingerprint density at radius 1 is 1.19 bits per heavy atom. The highest BCUT2D eigenvalue weighted by Gasteiger charge is 2.43. The average Bonchev–Trinajstić information content (AvgIpc) is 2.49. The van der Waals surface area contributed by atoms with Crippen LogP contribution in [0.15, 0.2) is 30.3 Å². The molecular formula is C12H13F2O6S-. The maximum atomic E-state index is 12.9. The minimum atomic E-state index is -4.02. The molecule has 0 saturated carbocycles. The van der Waals surface area contributed by atoms with Gasteiger partial charge in [-0.2, -0.15) is 13.1 Å². The van der Waals surface area contributed by atoms with Crippen LogP contribution >= 0.6 is 12.0 Å². The van der Waals surface area contributed by atoms with E-state index in [0.29, 0.717) is 13.0 Å². The Hall–Kier alpha value is -1.26. The summed E-state index contributed by atoms with van der Waals surface area (Å²) < 4.78 is 38.6. The highest BCUT2D eigenvalue weighted by molar-refractivity contribution is 7.96. The molecule has 0 radical (unpaired) electrons. The molecule has 1 aromatic carbocycles. The molecule has 0 aliphatic rings. The van der Waals surface area contributed by atoms with Gasteiger partial charge in [0.25, 0.3) is 0 Å². The van der Waals surface area contributed by atoms with Gasteiger partial charge in [-0.15, -0.1) is 0 Å². The minimum absolute atomic E-state index is 0.0156. The Morgan fingerprint density at radius 3 is 2.57 bits per heavy atom. The van der Waals surface area contributed by atoms with Crippen LogP contribution in [0.1, 0.15) is 5.56 Å². The first-order chi connectivity index (χ1) is 10.1. The van der Waals surface area contributed by atoms with Crippen LogP contribution in [-0.2, 0) is 30.1 Å². The fourth-order valence-electron chi connectivity index (χ4n) is 1.30. The normalized spacial score (nSPS) is 11.4. The van der Waals surface area contributed by atoms with E-state index < -0.39 is 23.3 Å². The molecule has 0 aliphatic heterocycles. The lowest BCUT2D eigenvalue weighted by Gasteiger charge is -2.14. The maximum Gasteiger partial charge on any atom is 0.415 e. The first kappa shape index (κ1) is 17.8. The summed E-state index contributed by atoms with van der Waals surface area (Å²) in [6.07, 6.45) is 0.662. The molecule has 0 aromatic heterocycles. The van der Waals surface area contributed by atoms with Gasteiger partial charge in [-0.05, 0) is 12.0 Å². The van der Waals surface area contributed by atoms with Gasteiger partial charge in [-0.25, -0.2) is 4.79 Å². The second kappa shape index (κ2) is 9.64. The van der Waals surface area contributed by atoms with E-state index in [1.165, 1.54) is 0 Å². The van der Waals surface area contributed by atoms with Crippen molar-refractivity contribution in [2.75, 3.05) is 19.8 Å². The van der Waals surface area contributed by atoms with E-state index in [4.69, 9.17) is 4.74 Å². The van der Waals surface area contributed by atoms with Crippen LogP contribution in [0.2, 0.25) is 0 Å². The van der Waals surface area contributed by atoms with Crippen molar-refractivity contribution in [3.05, 3.63) is 35.9 Å². The van der Waals surface area contributed by atoms with Gasteiger partial charge >= 0.3 is 11.2 Å². The summed E-state index contributed by atoms with van der Waals surface area (Å²) in [5.74, 6) is -1.84. The second-order valence-corrected chi connectivity index (χ2v) is 4.54. The number of rotatable bonds is 10. The van der Waals surface area contributed by atoms with E-state index in [1.54, 1.807) is 0 Å². The number of esters is 1. The van der Waals surface area contributed by atoms with E-state index in [-0.39, 0.29) is 13.2 Å². The molecule has 0 fully saturated rings. The molecule has 0 unspecified atom stereocenters. The molecule has 118 valence electrons. The number of carbonyl (C=O) groups is 1. The molecule has 0 aliphatic carbocycles. The molecule has 1 rings (SSSR count). The van der Waals surface area contributed by atoms with Crippen molar-refractivity contribution in [1.29, 1.82) is 0 Å². The van der Waals surface area contributed by atoms with E-state index >= 15 is 0 Å². The summed E-state index contributed by atoms with van der Waals surface area (Å²) in [4.78, 5) is 10.9. The van der Waals surface area contributed by atoms with Crippen LogP contribution in [0.25, 0.3) is 0 Å². The zero-order valence-corrected chi connectivity index (χ0v) is 11.6. The van der Waals surface area contributed by atoms with E-state index in [9.17, 15) is 18.8 Å². The summed E-state index contributed by atoms with van der Waals surface area (Å²) in [5, 5.41) is 8.11. The Bertz CT molecular complexity index is 417. The van der Waals surface area contributed by atoms with Gasteiger partial charge in [0.05, 0.1) is 13.2 Å². The van der Waals surface area contributed by atoms with Crippen LogP contribution in [-0.4, -0.2) is 31.0 Å². The molecular weight excluding hydrogens is 310 g/mol. The van der Waals surface area contributed by atoms with Gasteiger partial charge in [-0.3, -0.25) is 5.04 Å². The van der Waals surface area contributed by atoms with Crippen molar-refractivity contribution >= 4 is 18.0 Å². The van der Waals surface area contributed by atoms with Crippen LogP contribution in [0.3, 0.4) is 0 Å². The molecule has 6 nitrogen and oxygen atoms in total. The van der Waals surface area contributed by atoms with E-state index in [0.717, 1.165) is 5.56 Å². The summed E-state index contributed by atoms with van der Waals surface area (Å²) in [6.45, 7) is 0.0279. The van der Waals surface area contributed by atoms with Crippen molar-refractivity contribution in [3.8, 4) is 0 Å². The molecule has 0 spiro atoms. The molecule has 0 N–H and O–H groups in total. The molecule has 0 heterocycles. The number of benzene rings is 1. The van der Waals surface area contributed by atoms with Gasteiger partial charge < -0.3 is 14.7 Å². The fourth-order valence-corrected chi connectivity index (χ4v) is 1.54. The number of hydrogen-bond acceptors (Lipinski definition) is 7. The lowest BCUT2D eigenvalue weighted by molar-refractivity contribution is -0.777. The minimum Gasteiger partial charge on any atom is -0.691 e. The number of ether oxygens (including phenoxy) is 2. The Kier molecular flexibility index (Phi) is 8.16. The van der Waals surface area contributed by atoms with Crippen molar-refractivity contribution < 1.29 is 37.7 Å². The van der Waals surface area contributed by atoms with Crippen molar-refractivity contribution in [1.82, 2.24) is 0 Å². The number of carbonyl (C=O) groups excluding carboxylic acids is 1. The van der Waals surface area contributed by atoms with Crippen molar-refractivity contribution in [2.45, 2.75) is 11.7 Å². The van der Waals surface area contributed by atoms with Crippen LogP contribution in [0.5, 0.6) is 0 Å². The predicted molar refractivity (Wildman–Crippen MR) is 66.6 cm³/mol. The quantitative estimate of drug-likeness (QED) is 0.211. The van der Waals surface area contributed by atoms with Crippen LogP contribution in [0.4, 0.5) is 8.78 Å². The Morgan fingerprint density at radius 2 is 1.90 bits per heavy atom. The Labute approximate surface area is 124 Å². The number of hydrogen-bond donors (Lipinski definition) is 0. The zero-order valence-electron chi connectivity index (χ0n) is 10.8. The smallest absolute Gasteiger partial charge is 0.415 e. The van der Waals surface area contributed by atoms with Crippen LogP contribution in [0, 0.1) is 0 Å². The number of halogens is 2. The largest absolute Gasteiger partial charge is 0.691 e. The summed E-state index contributed by atoms with van der Waals surface area (Å²) >= 11 is -0.731. The fraction of sp³-hybridized carbons (Fsp3) is 0.417. The second-order valence-electron chi connectivity index (χ2n) is 3.72. The third-order valence-corrected chi connectivity index (χ3v) is 2.74. The molecule has 0 bridgehead atoms. The topological polar surface area (TPSA) is 77.1 Å². The maximum absolute atomic E-state index is 12.9. The third-order valence-electron chi connectivity index (χ3n) is 2.24. The Balaban J connectivity index is 2.09. The first-order valence-electron chi connectivity index (χ1n) is 5.87. The van der Waals surface area contributed by atoms with Gasteiger partial charge in [0.15, 0.2) is 0 Å². The molecule has 21 heavy (non-hydrogen) atoms.